The van der Waals surface area contributed by atoms with Crippen LogP contribution in [0.5, 0.6) is 0 Å². The molecule has 1 aromatic heterocycles. The lowest BCUT2D eigenvalue weighted by Crippen LogP contribution is -2.18. The summed E-state index contributed by atoms with van der Waals surface area (Å²) in [5.74, 6) is -0.821. The summed E-state index contributed by atoms with van der Waals surface area (Å²) in [5, 5.41) is 0. The molecule has 0 radical (unpaired) electrons. The molecule has 0 fully saturated rings. The van der Waals surface area contributed by atoms with Gasteiger partial charge in [0, 0.05) is 5.41 Å². The van der Waals surface area contributed by atoms with E-state index >= 15 is 0 Å². The number of carbonyl (C=O) groups is 2. The maximum atomic E-state index is 11.7. The van der Waals surface area contributed by atoms with Crippen LogP contribution in [0.3, 0.4) is 0 Å². The number of esters is 2. The minimum absolute atomic E-state index is 0.0873. The fourth-order valence-corrected chi connectivity index (χ4v) is 1.47. The van der Waals surface area contributed by atoms with Gasteiger partial charge < -0.3 is 13.9 Å². The van der Waals surface area contributed by atoms with Gasteiger partial charge in [-0.25, -0.2) is 9.59 Å². The summed E-state index contributed by atoms with van der Waals surface area (Å²) >= 11 is 0. The van der Waals surface area contributed by atoms with Gasteiger partial charge in [-0.3, -0.25) is 0 Å². The van der Waals surface area contributed by atoms with Crippen LogP contribution in [-0.2, 0) is 14.9 Å². The third-order valence-electron chi connectivity index (χ3n) is 2.27. The molecule has 0 N–H and O–H groups in total. The van der Waals surface area contributed by atoms with Gasteiger partial charge in [0.15, 0.2) is 0 Å². The van der Waals surface area contributed by atoms with Crippen LogP contribution < -0.4 is 0 Å². The van der Waals surface area contributed by atoms with Crippen LogP contribution in [0.15, 0.2) is 10.7 Å². The van der Waals surface area contributed by atoms with Gasteiger partial charge in [0.2, 0.25) is 0 Å². The highest BCUT2D eigenvalue weighted by atomic mass is 16.5. The summed E-state index contributed by atoms with van der Waals surface area (Å²) in [5.41, 5.74) is -0.188. The van der Waals surface area contributed by atoms with Gasteiger partial charge in [0.25, 0.3) is 0 Å². The van der Waals surface area contributed by atoms with E-state index in [-0.39, 0.29) is 11.1 Å². The van der Waals surface area contributed by atoms with Crippen LogP contribution in [-0.4, -0.2) is 26.2 Å². The van der Waals surface area contributed by atoms with Crippen LogP contribution in [0.4, 0.5) is 0 Å². The number of ether oxygens (including phenoxy) is 2. The Morgan fingerprint density at radius 2 is 1.65 bits per heavy atom. The molecule has 0 aliphatic rings. The van der Waals surface area contributed by atoms with E-state index < -0.39 is 17.4 Å². The van der Waals surface area contributed by atoms with E-state index in [0.717, 1.165) is 0 Å². The Labute approximate surface area is 99.7 Å². The largest absolute Gasteiger partial charge is 0.467 e. The summed E-state index contributed by atoms with van der Waals surface area (Å²) in [6.07, 6.45) is 1.22. The molecule has 0 unspecified atom stereocenters. The summed E-state index contributed by atoms with van der Waals surface area (Å²) < 4.78 is 14.6. The number of rotatable bonds is 2. The predicted octanol–water partition coefficient (Wildman–Crippen LogP) is 2.15. The first-order valence-corrected chi connectivity index (χ1v) is 5.11. The monoisotopic (exact) mass is 240 g/mol. The van der Waals surface area contributed by atoms with Crippen LogP contribution >= 0.6 is 0 Å². The molecule has 0 aliphatic heterocycles. The highest BCUT2D eigenvalue weighted by Crippen LogP contribution is 2.30. The molecule has 1 aromatic rings. The number of hydrogen-bond donors (Lipinski definition) is 0. The third kappa shape index (κ3) is 2.49. The van der Waals surface area contributed by atoms with Crippen LogP contribution in [0.2, 0.25) is 0 Å². The minimum atomic E-state index is -0.621. The first-order valence-electron chi connectivity index (χ1n) is 5.11. The van der Waals surface area contributed by atoms with Crippen LogP contribution in [0.25, 0.3) is 0 Å². The molecule has 0 aromatic carbocycles. The molecule has 0 aliphatic carbocycles. The van der Waals surface area contributed by atoms with Crippen molar-refractivity contribution in [3.63, 3.8) is 0 Å². The maximum absolute atomic E-state index is 11.7. The lowest BCUT2D eigenvalue weighted by atomic mass is 9.89. The zero-order valence-corrected chi connectivity index (χ0v) is 10.6. The summed E-state index contributed by atoms with van der Waals surface area (Å²) in [4.78, 5) is 23.2. The lowest BCUT2D eigenvalue weighted by molar-refractivity contribution is 0.0554. The highest BCUT2D eigenvalue weighted by Gasteiger charge is 2.32. The Hall–Kier alpha value is -1.78. The number of methoxy groups -OCH3 is 2. The fraction of sp³-hybridized carbons (Fsp3) is 0.500. The Morgan fingerprint density at radius 1 is 1.12 bits per heavy atom. The van der Waals surface area contributed by atoms with Crippen molar-refractivity contribution in [1.82, 2.24) is 0 Å². The van der Waals surface area contributed by atoms with Gasteiger partial charge in [0.1, 0.15) is 23.2 Å². The molecule has 94 valence electrons. The Bertz CT molecular complexity index is 436. The Morgan fingerprint density at radius 3 is 2.06 bits per heavy atom. The molecule has 0 saturated carbocycles. The molecule has 5 heteroatoms. The summed E-state index contributed by atoms with van der Waals surface area (Å²) in [6.45, 7) is 5.62. The molecule has 0 spiro atoms. The average molecular weight is 240 g/mol. The minimum Gasteiger partial charge on any atom is -0.467 e. The van der Waals surface area contributed by atoms with Crippen molar-refractivity contribution in [2.45, 2.75) is 26.2 Å². The molecule has 0 saturated heterocycles. The molecular formula is C12H16O5. The predicted molar refractivity (Wildman–Crippen MR) is 60.1 cm³/mol. The maximum Gasteiger partial charge on any atom is 0.342 e. The number of hydrogen-bond acceptors (Lipinski definition) is 5. The molecule has 0 atom stereocenters. The van der Waals surface area contributed by atoms with Crippen molar-refractivity contribution in [2.24, 2.45) is 0 Å². The molecule has 1 heterocycles. The SMILES string of the molecule is COC(=O)c1coc(C(C)(C)C)c1C(=O)OC. The van der Waals surface area contributed by atoms with Gasteiger partial charge in [-0.15, -0.1) is 0 Å². The van der Waals surface area contributed by atoms with Crippen molar-refractivity contribution >= 4 is 11.9 Å². The second kappa shape index (κ2) is 4.61. The van der Waals surface area contributed by atoms with Crippen molar-refractivity contribution in [3.8, 4) is 0 Å². The van der Waals surface area contributed by atoms with Gasteiger partial charge >= 0.3 is 11.9 Å². The molecule has 0 bridgehead atoms. The molecule has 0 amide bonds. The normalized spacial score (nSPS) is 11.1. The quantitative estimate of drug-likeness (QED) is 0.741. The van der Waals surface area contributed by atoms with E-state index in [1.54, 1.807) is 0 Å². The molecule has 5 nitrogen and oxygen atoms in total. The fourth-order valence-electron chi connectivity index (χ4n) is 1.47. The van der Waals surface area contributed by atoms with E-state index in [0.29, 0.717) is 5.76 Å². The number of furan rings is 1. The van der Waals surface area contributed by atoms with Crippen LogP contribution in [0.1, 0.15) is 47.2 Å². The zero-order chi connectivity index (χ0) is 13.2. The standard InChI is InChI=1S/C12H16O5/c1-12(2,3)9-8(11(14)16-5)7(6-17-9)10(13)15-4/h6H,1-5H3. The third-order valence-corrected chi connectivity index (χ3v) is 2.27. The number of carbonyl (C=O) groups excluding carboxylic acids is 2. The average Bonchev–Trinajstić information content (AvgIpc) is 2.70. The summed E-state index contributed by atoms with van der Waals surface area (Å²) in [7, 11) is 2.50. The van der Waals surface area contributed by atoms with Gasteiger partial charge in [-0.2, -0.15) is 0 Å². The van der Waals surface area contributed by atoms with E-state index in [9.17, 15) is 9.59 Å². The van der Waals surface area contributed by atoms with Crippen molar-refractivity contribution < 1.29 is 23.5 Å². The second-order valence-corrected chi connectivity index (χ2v) is 4.59. The Balaban J connectivity index is 3.40. The van der Waals surface area contributed by atoms with Crippen molar-refractivity contribution in [2.75, 3.05) is 14.2 Å². The van der Waals surface area contributed by atoms with Crippen LogP contribution in [0, 0.1) is 0 Å². The van der Waals surface area contributed by atoms with E-state index in [1.807, 2.05) is 20.8 Å². The smallest absolute Gasteiger partial charge is 0.342 e. The van der Waals surface area contributed by atoms with Gasteiger partial charge in [-0.1, -0.05) is 20.8 Å². The van der Waals surface area contributed by atoms with E-state index in [1.165, 1.54) is 20.5 Å². The first-order chi connectivity index (χ1) is 7.82. The first kappa shape index (κ1) is 13.3. The summed E-state index contributed by atoms with van der Waals surface area (Å²) in [6, 6.07) is 0. The lowest BCUT2D eigenvalue weighted by Gasteiger charge is -2.16. The van der Waals surface area contributed by atoms with E-state index in [2.05, 4.69) is 9.47 Å². The molecular weight excluding hydrogens is 224 g/mol. The van der Waals surface area contributed by atoms with Gasteiger partial charge in [0.05, 0.1) is 14.2 Å². The molecule has 1 rings (SSSR count). The Kier molecular flexibility index (Phi) is 3.60. The van der Waals surface area contributed by atoms with Gasteiger partial charge in [-0.05, 0) is 0 Å². The second-order valence-electron chi connectivity index (χ2n) is 4.59. The topological polar surface area (TPSA) is 65.7 Å². The molecule has 17 heavy (non-hydrogen) atoms. The van der Waals surface area contributed by atoms with E-state index in [4.69, 9.17) is 4.42 Å². The highest BCUT2D eigenvalue weighted by molar-refractivity contribution is 6.03. The zero-order valence-electron chi connectivity index (χ0n) is 10.6. The van der Waals surface area contributed by atoms with Crippen molar-refractivity contribution in [1.29, 1.82) is 0 Å². The van der Waals surface area contributed by atoms with Crippen molar-refractivity contribution in [3.05, 3.63) is 23.2 Å².